The van der Waals surface area contributed by atoms with Gasteiger partial charge in [-0.25, -0.2) is 0 Å². The van der Waals surface area contributed by atoms with Crippen LogP contribution in [0.1, 0.15) is 52.9 Å². The standard InChI is InChI=1S/C15H27NO3/c1-4-15(14(17)18)5-7-16(8-6-15)13-9-11(2)19-12(3)10-13/h11-13H,4-10H2,1-3H3,(H,17,18). The van der Waals surface area contributed by atoms with E-state index in [1.54, 1.807) is 0 Å². The highest BCUT2D eigenvalue weighted by atomic mass is 16.5. The molecule has 2 saturated heterocycles. The summed E-state index contributed by atoms with van der Waals surface area (Å²) < 4.78 is 5.79. The molecule has 0 aromatic heterocycles. The van der Waals surface area contributed by atoms with Gasteiger partial charge in [0.2, 0.25) is 0 Å². The van der Waals surface area contributed by atoms with Crippen LogP contribution in [0.2, 0.25) is 0 Å². The van der Waals surface area contributed by atoms with Crippen LogP contribution in [0.25, 0.3) is 0 Å². The molecule has 2 heterocycles. The highest BCUT2D eigenvalue weighted by Crippen LogP contribution is 2.37. The van der Waals surface area contributed by atoms with Crippen LogP contribution >= 0.6 is 0 Å². The third kappa shape index (κ3) is 3.11. The second-order valence-electron chi connectivity index (χ2n) is 6.36. The molecule has 110 valence electrons. The molecule has 0 bridgehead atoms. The third-order valence-corrected chi connectivity index (χ3v) is 5.07. The Morgan fingerprint density at radius 2 is 1.79 bits per heavy atom. The molecule has 0 aliphatic carbocycles. The highest BCUT2D eigenvalue weighted by Gasteiger charge is 2.41. The van der Waals surface area contributed by atoms with Crippen LogP contribution in [0.15, 0.2) is 0 Å². The maximum Gasteiger partial charge on any atom is 0.309 e. The van der Waals surface area contributed by atoms with Gasteiger partial charge in [0.15, 0.2) is 0 Å². The Kier molecular flexibility index (Phi) is 4.51. The van der Waals surface area contributed by atoms with E-state index in [2.05, 4.69) is 18.7 Å². The fraction of sp³-hybridized carbons (Fsp3) is 0.933. The fourth-order valence-electron chi connectivity index (χ4n) is 3.70. The average Bonchev–Trinajstić information content (AvgIpc) is 2.37. The quantitative estimate of drug-likeness (QED) is 0.855. The van der Waals surface area contributed by atoms with Crippen molar-refractivity contribution in [2.45, 2.75) is 71.1 Å². The Morgan fingerprint density at radius 3 is 2.21 bits per heavy atom. The monoisotopic (exact) mass is 269 g/mol. The number of likely N-dealkylation sites (tertiary alicyclic amines) is 1. The first-order valence-corrected chi connectivity index (χ1v) is 7.60. The van der Waals surface area contributed by atoms with Crippen molar-refractivity contribution < 1.29 is 14.6 Å². The number of rotatable bonds is 3. The molecule has 0 spiro atoms. The first-order chi connectivity index (χ1) is 8.97. The van der Waals surface area contributed by atoms with E-state index in [1.165, 1.54) is 0 Å². The molecule has 2 rings (SSSR count). The highest BCUT2D eigenvalue weighted by molar-refractivity contribution is 5.74. The van der Waals surface area contributed by atoms with Gasteiger partial charge in [0.05, 0.1) is 17.6 Å². The molecule has 0 aromatic carbocycles. The van der Waals surface area contributed by atoms with Gasteiger partial charge in [-0.1, -0.05) is 6.92 Å². The van der Waals surface area contributed by atoms with Crippen molar-refractivity contribution in [1.82, 2.24) is 4.90 Å². The minimum Gasteiger partial charge on any atom is -0.481 e. The fourth-order valence-corrected chi connectivity index (χ4v) is 3.70. The van der Waals surface area contributed by atoms with Crippen molar-refractivity contribution in [3.63, 3.8) is 0 Å². The summed E-state index contributed by atoms with van der Waals surface area (Å²) in [5.74, 6) is -0.608. The molecule has 0 radical (unpaired) electrons. The molecule has 0 amide bonds. The van der Waals surface area contributed by atoms with Crippen LogP contribution in [0.4, 0.5) is 0 Å². The molecule has 4 nitrogen and oxygen atoms in total. The molecule has 4 heteroatoms. The lowest BCUT2D eigenvalue weighted by Crippen LogP contribution is -2.51. The van der Waals surface area contributed by atoms with Crippen LogP contribution in [-0.4, -0.2) is 47.3 Å². The van der Waals surface area contributed by atoms with E-state index >= 15 is 0 Å². The lowest BCUT2D eigenvalue weighted by Gasteiger charge is -2.45. The Hall–Kier alpha value is -0.610. The van der Waals surface area contributed by atoms with E-state index < -0.39 is 11.4 Å². The molecule has 19 heavy (non-hydrogen) atoms. The first-order valence-electron chi connectivity index (χ1n) is 7.60. The number of hydrogen-bond donors (Lipinski definition) is 1. The van der Waals surface area contributed by atoms with E-state index in [0.717, 1.165) is 45.2 Å². The molecule has 0 saturated carbocycles. The number of ether oxygens (including phenoxy) is 1. The van der Waals surface area contributed by atoms with Crippen molar-refractivity contribution in [3.05, 3.63) is 0 Å². The largest absolute Gasteiger partial charge is 0.481 e. The Labute approximate surface area is 116 Å². The summed E-state index contributed by atoms with van der Waals surface area (Å²) in [5.41, 5.74) is -0.473. The Morgan fingerprint density at radius 1 is 1.26 bits per heavy atom. The van der Waals surface area contributed by atoms with Crippen LogP contribution in [0.3, 0.4) is 0 Å². The van der Waals surface area contributed by atoms with Gasteiger partial charge in [-0.05, 0) is 59.0 Å². The zero-order valence-corrected chi connectivity index (χ0v) is 12.4. The zero-order chi connectivity index (χ0) is 14.0. The maximum absolute atomic E-state index is 11.5. The molecule has 2 atom stereocenters. The summed E-state index contributed by atoms with van der Waals surface area (Å²) in [6.45, 7) is 8.12. The van der Waals surface area contributed by atoms with Gasteiger partial charge >= 0.3 is 5.97 Å². The number of carboxylic acid groups (broad SMARTS) is 1. The van der Waals surface area contributed by atoms with Gasteiger partial charge in [-0.2, -0.15) is 0 Å². The number of carbonyl (C=O) groups is 1. The summed E-state index contributed by atoms with van der Waals surface area (Å²) in [7, 11) is 0. The van der Waals surface area contributed by atoms with Crippen molar-refractivity contribution in [1.29, 1.82) is 0 Å². The Balaban J connectivity index is 1.94. The van der Waals surface area contributed by atoms with E-state index in [9.17, 15) is 9.90 Å². The molecular formula is C15H27NO3. The molecule has 2 fully saturated rings. The summed E-state index contributed by atoms with van der Waals surface area (Å²) in [6, 6.07) is 0.572. The second kappa shape index (κ2) is 5.80. The minimum atomic E-state index is -0.608. The molecule has 2 aliphatic heterocycles. The molecule has 2 aliphatic rings. The number of hydrogen-bond acceptors (Lipinski definition) is 3. The molecule has 1 N–H and O–H groups in total. The van der Waals surface area contributed by atoms with Gasteiger partial charge in [0.1, 0.15) is 0 Å². The van der Waals surface area contributed by atoms with Gasteiger partial charge in [-0.3, -0.25) is 4.79 Å². The summed E-state index contributed by atoms with van der Waals surface area (Å²) in [4.78, 5) is 13.9. The molecule has 0 aromatic rings. The third-order valence-electron chi connectivity index (χ3n) is 5.07. The summed E-state index contributed by atoms with van der Waals surface area (Å²) in [6.07, 6.45) is 5.14. The SMILES string of the molecule is CCC1(C(=O)O)CCN(C2CC(C)OC(C)C2)CC1. The smallest absolute Gasteiger partial charge is 0.309 e. The van der Waals surface area contributed by atoms with Crippen molar-refractivity contribution >= 4 is 5.97 Å². The normalized spacial score (nSPS) is 36.1. The Bertz CT molecular complexity index is 313. The molecule has 2 unspecified atom stereocenters. The van der Waals surface area contributed by atoms with E-state index in [1.807, 2.05) is 6.92 Å². The van der Waals surface area contributed by atoms with Crippen LogP contribution < -0.4 is 0 Å². The van der Waals surface area contributed by atoms with Crippen LogP contribution in [0.5, 0.6) is 0 Å². The predicted octanol–water partition coefficient (Wildman–Crippen LogP) is 2.52. The van der Waals surface area contributed by atoms with Gasteiger partial charge in [0.25, 0.3) is 0 Å². The number of piperidine rings is 1. The predicted molar refractivity (Wildman–Crippen MR) is 74.2 cm³/mol. The summed E-state index contributed by atoms with van der Waals surface area (Å²) in [5, 5.41) is 9.43. The lowest BCUT2D eigenvalue weighted by atomic mass is 9.75. The van der Waals surface area contributed by atoms with Crippen molar-refractivity contribution in [2.24, 2.45) is 5.41 Å². The van der Waals surface area contributed by atoms with Gasteiger partial charge in [0, 0.05) is 6.04 Å². The van der Waals surface area contributed by atoms with Crippen LogP contribution in [-0.2, 0) is 9.53 Å². The van der Waals surface area contributed by atoms with E-state index in [4.69, 9.17) is 4.74 Å². The van der Waals surface area contributed by atoms with Crippen LogP contribution in [0, 0.1) is 5.41 Å². The van der Waals surface area contributed by atoms with Crippen molar-refractivity contribution in [3.8, 4) is 0 Å². The second-order valence-corrected chi connectivity index (χ2v) is 6.36. The van der Waals surface area contributed by atoms with E-state index in [0.29, 0.717) is 18.2 Å². The van der Waals surface area contributed by atoms with Crippen molar-refractivity contribution in [2.75, 3.05) is 13.1 Å². The minimum absolute atomic E-state index is 0.325. The van der Waals surface area contributed by atoms with Gasteiger partial charge in [-0.15, -0.1) is 0 Å². The number of nitrogens with zero attached hydrogens (tertiary/aromatic N) is 1. The number of aliphatic carboxylic acids is 1. The molecular weight excluding hydrogens is 242 g/mol. The number of carboxylic acids is 1. The summed E-state index contributed by atoms with van der Waals surface area (Å²) >= 11 is 0. The zero-order valence-electron chi connectivity index (χ0n) is 12.4. The first kappa shape index (κ1) is 14.8. The maximum atomic E-state index is 11.5. The van der Waals surface area contributed by atoms with E-state index in [-0.39, 0.29) is 0 Å². The van der Waals surface area contributed by atoms with Gasteiger partial charge < -0.3 is 14.7 Å². The topological polar surface area (TPSA) is 49.8 Å². The average molecular weight is 269 g/mol. The lowest BCUT2D eigenvalue weighted by molar-refractivity contribution is -0.153.